The van der Waals surface area contributed by atoms with Crippen LogP contribution in [0.4, 0.5) is 5.69 Å². The average molecular weight is 379 g/mol. The van der Waals surface area contributed by atoms with Gasteiger partial charge in [-0.2, -0.15) is 0 Å². The smallest absolute Gasteiger partial charge is 0.335 e. The number of Topliss-reactive ketones (excluding diaryl/α,β-unsaturated/α-hetero) is 1. The van der Waals surface area contributed by atoms with Crippen LogP contribution in [-0.4, -0.2) is 25.7 Å². The second-order valence-electron chi connectivity index (χ2n) is 3.90. The maximum atomic E-state index is 11.0. The summed E-state index contributed by atoms with van der Waals surface area (Å²) in [5.74, 6) is -1.72. The number of carbonyl (C=O) groups excluding carboxylic acids is 1. The molecule has 1 aromatic rings. The highest BCUT2D eigenvalue weighted by Crippen LogP contribution is 2.17. The monoisotopic (exact) mass is 379 g/mol. The van der Waals surface area contributed by atoms with E-state index in [0.717, 1.165) is 22.1 Å². The van der Waals surface area contributed by atoms with Gasteiger partial charge in [0.05, 0.1) is 10.5 Å². The zero-order valence-corrected chi connectivity index (χ0v) is 12.9. The second-order valence-corrected chi connectivity index (χ2v) is 6.39. The highest BCUT2D eigenvalue weighted by atomic mass is 127. The Balaban J connectivity index is 0.000000711. The molecule has 7 heteroatoms. The summed E-state index contributed by atoms with van der Waals surface area (Å²) >= 11 is 2.34. The van der Waals surface area contributed by atoms with Crippen LogP contribution in [0.1, 0.15) is 41.5 Å². The Morgan fingerprint density at radius 3 is 2.00 bits per heavy atom. The highest BCUT2D eigenvalue weighted by Gasteiger charge is 2.15. The lowest BCUT2D eigenvalue weighted by Crippen LogP contribution is -2.02. The summed E-state index contributed by atoms with van der Waals surface area (Å²) in [7, 11) is 0. The third kappa shape index (κ3) is 6.85. The molecule has 1 N–H and O–H groups in total. The van der Waals surface area contributed by atoms with Crippen molar-refractivity contribution in [2.45, 2.75) is 24.7 Å². The maximum absolute atomic E-state index is 11.0. The number of ketones is 1. The number of carboxylic acid groups (broad SMARTS) is 1. The van der Waals surface area contributed by atoms with Crippen molar-refractivity contribution in [3.05, 3.63) is 39.4 Å². The predicted molar refractivity (Wildman–Crippen MR) is 79.2 cm³/mol. The molecule has 0 aromatic heterocycles. The largest absolute Gasteiger partial charge is 0.478 e. The summed E-state index contributed by atoms with van der Waals surface area (Å²) in [6.45, 7) is 5.52. The molecular formula is C12H14INO5. The normalized spacial score (nSPS) is 9.53. The number of nitrogens with zero attached hydrogens (tertiary/aromatic N) is 1. The van der Waals surface area contributed by atoms with Gasteiger partial charge in [-0.25, -0.2) is 4.79 Å². The first-order valence-electron chi connectivity index (χ1n) is 5.33. The summed E-state index contributed by atoms with van der Waals surface area (Å²) in [6.07, 6.45) is 0. The van der Waals surface area contributed by atoms with Crippen molar-refractivity contribution in [3.8, 4) is 0 Å². The lowest BCUT2D eigenvalue weighted by atomic mass is 10.1. The summed E-state index contributed by atoms with van der Waals surface area (Å²) in [6, 6.07) is 3.07. The Morgan fingerprint density at radius 1 is 1.26 bits per heavy atom. The molecule has 0 unspecified atom stereocenters. The molecular weight excluding hydrogens is 365 g/mol. The van der Waals surface area contributed by atoms with Gasteiger partial charge in [-0.05, 0) is 13.0 Å². The summed E-state index contributed by atoms with van der Waals surface area (Å²) < 4.78 is 0.803. The molecule has 19 heavy (non-hydrogen) atoms. The number of non-ortho nitro benzene ring substituents is 1. The molecule has 1 aromatic carbocycles. The van der Waals surface area contributed by atoms with Gasteiger partial charge in [0.25, 0.3) is 5.69 Å². The fourth-order valence-electron chi connectivity index (χ4n) is 1.04. The van der Waals surface area contributed by atoms with Crippen molar-refractivity contribution in [2.24, 2.45) is 0 Å². The van der Waals surface area contributed by atoms with Crippen LogP contribution in [0, 0.1) is 10.1 Å². The summed E-state index contributed by atoms with van der Waals surface area (Å²) in [5, 5.41) is 19.1. The standard InChI is InChI=1S/C9H7NO5.C3H7I/c1-5(11)6-2-7(9(12)13)4-8(3-6)10(14)15;1-3(2)4/h2-4H,1H3,(H,12,13);3H,1-2H3. The Kier molecular flexibility index (Phi) is 7.20. The minimum Gasteiger partial charge on any atom is -0.478 e. The zero-order chi connectivity index (χ0) is 15.2. The van der Waals surface area contributed by atoms with Crippen LogP contribution < -0.4 is 0 Å². The van der Waals surface area contributed by atoms with E-state index in [1.165, 1.54) is 6.92 Å². The topological polar surface area (TPSA) is 97.5 Å². The highest BCUT2D eigenvalue weighted by molar-refractivity contribution is 14.1. The van der Waals surface area contributed by atoms with Crippen molar-refractivity contribution in [1.82, 2.24) is 0 Å². The molecule has 0 heterocycles. The van der Waals surface area contributed by atoms with E-state index < -0.39 is 22.4 Å². The van der Waals surface area contributed by atoms with Crippen molar-refractivity contribution in [3.63, 3.8) is 0 Å². The van der Waals surface area contributed by atoms with E-state index in [1.54, 1.807) is 0 Å². The molecule has 0 spiro atoms. The molecule has 0 saturated carbocycles. The number of alkyl halides is 1. The molecule has 104 valence electrons. The lowest BCUT2D eigenvalue weighted by molar-refractivity contribution is -0.384. The van der Waals surface area contributed by atoms with E-state index in [9.17, 15) is 19.7 Å². The molecule has 0 saturated heterocycles. The van der Waals surface area contributed by atoms with Crippen LogP contribution in [0.25, 0.3) is 0 Å². The van der Waals surface area contributed by atoms with Gasteiger partial charge in [-0.1, -0.05) is 36.4 Å². The molecule has 6 nitrogen and oxygen atoms in total. The number of rotatable bonds is 3. The molecule has 0 fully saturated rings. The number of halogens is 1. The quantitative estimate of drug-likeness (QED) is 0.286. The van der Waals surface area contributed by atoms with Crippen LogP contribution >= 0.6 is 22.6 Å². The zero-order valence-electron chi connectivity index (χ0n) is 10.7. The number of nitro benzene ring substituents is 1. The summed E-state index contributed by atoms with van der Waals surface area (Å²) in [4.78, 5) is 31.3. The van der Waals surface area contributed by atoms with Crippen molar-refractivity contribution in [2.75, 3.05) is 0 Å². The number of nitro groups is 1. The van der Waals surface area contributed by atoms with E-state index in [-0.39, 0.29) is 11.1 Å². The lowest BCUT2D eigenvalue weighted by Gasteiger charge is -1.99. The molecule has 0 aliphatic rings. The van der Waals surface area contributed by atoms with Crippen LogP contribution in [0.3, 0.4) is 0 Å². The molecule has 0 amide bonds. The van der Waals surface area contributed by atoms with Gasteiger partial charge in [-0.15, -0.1) is 0 Å². The van der Waals surface area contributed by atoms with E-state index in [2.05, 4.69) is 36.4 Å². The Bertz CT molecular complexity index is 417. The van der Waals surface area contributed by atoms with Gasteiger partial charge in [0.2, 0.25) is 0 Å². The van der Waals surface area contributed by atoms with Gasteiger partial charge in [0.15, 0.2) is 5.78 Å². The van der Waals surface area contributed by atoms with E-state index in [0.29, 0.717) is 0 Å². The van der Waals surface area contributed by atoms with Crippen LogP contribution in [0.15, 0.2) is 18.2 Å². The molecule has 1 rings (SSSR count). The SMILES string of the molecule is CC(=O)c1cc(C(=O)O)cc([N+](=O)[O-])c1.CC(C)I. The number of carboxylic acids is 1. The molecule has 0 atom stereocenters. The predicted octanol–water partition coefficient (Wildman–Crippen LogP) is 3.33. The third-order valence-corrected chi connectivity index (χ3v) is 1.78. The maximum Gasteiger partial charge on any atom is 0.335 e. The van der Waals surface area contributed by atoms with Crippen LogP contribution in [0.5, 0.6) is 0 Å². The van der Waals surface area contributed by atoms with Gasteiger partial charge in [-0.3, -0.25) is 14.9 Å². The Morgan fingerprint density at radius 2 is 1.68 bits per heavy atom. The van der Waals surface area contributed by atoms with Crippen molar-refractivity contribution in [1.29, 1.82) is 0 Å². The minimum atomic E-state index is -1.30. The third-order valence-electron chi connectivity index (χ3n) is 1.78. The number of hydrogen-bond acceptors (Lipinski definition) is 4. The molecule has 0 radical (unpaired) electrons. The first kappa shape index (κ1) is 17.5. The first-order chi connectivity index (χ1) is 8.65. The van der Waals surface area contributed by atoms with Crippen molar-refractivity contribution >= 4 is 40.0 Å². The van der Waals surface area contributed by atoms with Gasteiger partial charge in [0.1, 0.15) is 0 Å². The van der Waals surface area contributed by atoms with Gasteiger partial charge < -0.3 is 5.11 Å². The fourth-order valence-corrected chi connectivity index (χ4v) is 1.04. The number of benzene rings is 1. The minimum absolute atomic E-state index is 0.0154. The number of aromatic carboxylic acids is 1. The number of carbonyl (C=O) groups is 2. The Labute approximate surface area is 124 Å². The molecule has 0 aliphatic heterocycles. The first-order valence-corrected chi connectivity index (χ1v) is 6.57. The summed E-state index contributed by atoms with van der Waals surface area (Å²) in [5.41, 5.74) is -0.656. The van der Waals surface area contributed by atoms with Gasteiger partial charge >= 0.3 is 5.97 Å². The Hall–Kier alpha value is -1.51. The average Bonchev–Trinajstić information content (AvgIpc) is 2.27. The van der Waals surface area contributed by atoms with E-state index in [4.69, 9.17) is 5.11 Å². The van der Waals surface area contributed by atoms with Gasteiger partial charge in [0, 0.05) is 21.6 Å². The second kappa shape index (κ2) is 7.82. The molecule has 0 aliphatic carbocycles. The molecule has 0 bridgehead atoms. The number of hydrogen-bond donors (Lipinski definition) is 1. The van der Waals surface area contributed by atoms with Crippen LogP contribution in [0.2, 0.25) is 0 Å². The van der Waals surface area contributed by atoms with E-state index >= 15 is 0 Å². The van der Waals surface area contributed by atoms with E-state index in [1.807, 2.05) is 0 Å². The van der Waals surface area contributed by atoms with Crippen LogP contribution in [-0.2, 0) is 0 Å². The fraction of sp³-hybridized carbons (Fsp3) is 0.333. The van der Waals surface area contributed by atoms with Crippen molar-refractivity contribution < 1.29 is 19.6 Å².